The molecule has 0 aromatic rings. The second-order valence-electron chi connectivity index (χ2n) is 0.283. The molecule has 0 aromatic heterocycles. The molecule has 0 aliphatic rings. The Morgan fingerprint density at radius 1 is 0.727 bits per heavy atom. The van der Waals surface area contributed by atoms with Crippen molar-refractivity contribution in [1.29, 1.82) is 0 Å². The van der Waals surface area contributed by atoms with Crippen LogP contribution >= 0.6 is 0 Å². The smallest absolute Gasteiger partial charge is 0.503 e. The van der Waals surface area contributed by atoms with Crippen molar-refractivity contribution in [2.24, 2.45) is 0 Å². The van der Waals surface area contributed by atoms with Gasteiger partial charge in [-0.3, -0.25) is 0 Å². The predicted molar refractivity (Wildman–Crippen MR) is 42.4 cm³/mol. The van der Waals surface area contributed by atoms with E-state index in [0.29, 0.717) is 0 Å². The van der Waals surface area contributed by atoms with E-state index in [1.54, 1.807) is 0 Å². The van der Waals surface area contributed by atoms with Gasteiger partial charge in [0.2, 0.25) is 0 Å². The third-order valence-corrected chi connectivity index (χ3v) is 0. The van der Waals surface area contributed by atoms with E-state index in [1.807, 2.05) is 0 Å². The summed E-state index contributed by atoms with van der Waals surface area (Å²) in [4.78, 5) is 8.56. The topological polar surface area (TPSA) is 259 Å². The number of carbonyl (C=O) groups is 1. The Hall–Kier alpha value is -0.282. The monoisotopic (exact) mass is 353 g/mol. The van der Waals surface area contributed by atoms with Crippen LogP contribution in [-0.4, -0.2) is 16.4 Å². The van der Waals surface area contributed by atoms with Crippen LogP contribution in [0.25, 0.3) is 36.9 Å². The van der Waals surface area contributed by atoms with Crippen LogP contribution in [0.3, 0.4) is 0 Å². The molecule has 0 unspecified atom stereocenters. The van der Waals surface area contributed by atoms with Crippen LogP contribution in [0.1, 0.15) is 0 Å². The summed E-state index contributed by atoms with van der Waals surface area (Å²) in [7, 11) is 0. The minimum Gasteiger partial charge on any atom is -0.693 e. The molecule has 0 atom stereocenters. The Labute approximate surface area is 79.7 Å². The largest absolute Gasteiger partial charge is 0.693 e. The molecule has 0 spiro atoms. The first-order chi connectivity index (χ1) is 1.73. The fourth-order valence-corrected chi connectivity index (χ4v) is 0. The Bertz CT molecular complexity index is 40.8. The van der Waals surface area contributed by atoms with Crippen molar-refractivity contribution in [3.05, 3.63) is 36.9 Å². The molecule has 0 aromatic carbocycles. The second-order valence-corrected chi connectivity index (χ2v) is 0.283. The van der Waals surface area contributed by atoms with Gasteiger partial charge >= 0.3 is 6.16 Å². The summed E-state index contributed by atoms with van der Waals surface area (Å²) in [6.07, 6.45) is -1.83. The normalized spacial score (nSPS) is 2.18. The Balaban J connectivity index is -0.00000000214. The average Bonchev–Trinajstić information content (AvgIpc) is 0.811. The van der Waals surface area contributed by atoms with Gasteiger partial charge in [-0.25, -0.2) is 4.79 Å². The minimum atomic E-state index is -1.83. The maximum absolute atomic E-state index is 8.56. The van der Waals surface area contributed by atoms with Crippen molar-refractivity contribution in [2.75, 3.05) is 0 Å². The molecular weight excluding hydrogens is 339 g/mol. The van der Waals surface area contributed by atoms with E-state index in [4.69, 9.17) is 15.0 Å². The van der Waals surface area contributed by atoms with E-state index in [2.05, 4.69) is 0 Å². The summed E-state index contributed by atoms with van der Waals surface area (Å²) in [6, 6.07) is 0. The van der Waals surface area contributed by atoms with Crippen molar-refractivity contribution in [3.8, 4) is 0 Å². The van der Waals surface area contributed by atoms with E-state index in [-0.39, 0.29) is 58.0 Å². The fraction of sp³-hybridized carbons (Fsp3) is 0. The summed E-state index contributed by atoms with van der Waals surface area (Å²) in [5.74, 6) is 0. The van der Waals surface area contributed by atoms with Crippen LogP contribution in [0.15, 0.2) is 0 Å². The summed E-state index contributed by atoms with van der Waals surface area (Å²) >= 11 is 0. The van der Waals surface area contributed by atoms with Crippen molar-refractivity contribution in [3.63, 3.8) is 0 Å². The van der Waals surface area contributed by atoms with Crippen LogP contribution in [0.4, 0.5) is 4.79 Å². The molecule has 9 nitrogen and oxygen atoms in total. The third kappa shape index (κ3) is 7300. The quantitative estimate of drug-likeness (QED) is 0.636. The van der Waals surface area contributed by atoms with Gasteiger partial charge in [0.25, 0.3) is 0 Å². The minimum absolute atomic E-state index is 0. The molecule has 0 aliphatic heterocycles. The summed E-state index contributed by atoms with van der Waals surface area (Å²) < 4.78 is 0. The van der Waals surface area contributed by atoms with Crippen molar-refractivity contribution in [2.45, 2.75) is 0 Å². The van der Waals surface area contributed by atoms with Crippen LogP contribution in [0, 0.1) is 0 Å². The molecule has 0 saturated carbocycles. The third-order valence-electron chi connectivity index (χ3n) is 0. The Morgan fingerprint density at radius 2 is 0.727 bits per heavy atom. The number of rotatable bonds is 0. The summed E-state index contributed by atoms with van der Waals surface area (Å²) in [6.45, 7) is 0. The number of hydrogen-bond acceptors (Lipinski definition) is 1. The molecule has 0 aliphatic carbocycles. The molecule has 11 heavy (non-hydrogen) atoms. The molecule has 0 saturated heterocycles. The molecule has 0 bridgehead atoms. The van der Waals surface area contributed by atoms with Crippen LogP contribution in [-0.2, 0) is 21.1 Å². The van der Waals surface area contributed by atoms with Crippen molar-refractivity contribution < 1.29 is 36.1 Å². The van der Waals surface area contributed by atoms with E-state index in [1.165, 1.54) is 0 Å². The molecule has 0 radical (unpaired) electrons. The number of hydrogen-bond donors (Lipinski definition) is 2. The number of nitrogens with two attached hydrogens (primary N) is 6. The Morgan fingerprint density at radius 3 is 0.727 bits per heavy atom. The van der Waals surface area contributed by atoms with Gasteiger partial charge in [-0.05, 0) is 0 Å². The zero-order valence-electron chi connectivity index (χ0n) is 5.58. The fourth-order valence-electron chi connectivity index (χ4n) is 0. The average molecular weight is 353 g/mol. The SMILES string of the molecule is O=C(O)O.[NH2-].[NH2-].[NH2-].[NH2-].[NH2-].[NH2-].[Pt]. The number of carboxylic acid groups (broad SMARTS) is 2. The van der Waals surface area contributed by atoms with E-state index in [0.717, 1.165) is 0 Å². The van der Waals surface area contributed by atoms with Crippen molar-refractivity contribution >= 4 is 6.16 Å². The summed E-state index contributed by atoms with van der Waals surface area (Å²) in [5.41, 5.74) is 0. The molecule has 14 N–H and O–H groups in total. The van der Waals surface area contributed by atoms with Crippen LogP contribution in [0.5, 0.6) is 0 Å². The van der Waals surface area contributed by atoms with Gasteiger partial charge in [0, 0.05) is 21.1 Å². The van der Waals surface area contributed by atoms with Gasteiger partial charge in [-0.15, -0.1) is 0 Å². The second kappa shape index (κ2) is 100.0. The first-order valence-electron chi connectivity index (χ1n) is 0.651. The standard InChI is InChI=1S/CH2O3.6H2N.Pt/c2-1(3)4;;;;;;;/h(H2,2,3,4);6*1H2;/q;6*-1;. The first-order valence-corrected chi connectivity index (χ1v) is 0.651. The Kier molecular flexibility index (Phi) is 1250. The zero-order valence-corrected chi connectivity index (χ0v) is 7.86. The van der Waals surface area contributed by atoms with Gasteiger partial charge in [0.15, 0.2) is 0 Å². The molecule has 0 heterocycles. The van der Waals surface area contributed by atoms with E-state index < -0.39 is 6.16 Å². The molecule has 82 valence electrons. The molecule has 10 heteroatoms. The predicted octanol–water partition coefficient (Wildman–Crippen LogP) is 4.52. The van der Waals surface area contributed by atoms with Crippen molar-refractivity contribution in [1.82, 2.24) is 0 Å². The molecule has 0 rings (SSSR count). The van der Waals surface area contributed by atoms with Crippen LogP contribution in [0.2, 0.25) is 0 Å². The van der Waals surface area contributed by atoms with Gasteiger partial charge in [-0.2, -0.15) is 0 Å². The zero-order chi connectivity index (χ0) is 3.58. The maximum Gasteiger partial charge on any atom is 0.503 e. The van der Waals surface area contributed by atoms with E-state index in [9.17, 15) is 0 Å². The van der Waals surface area contributed by atoms with Gasteiger partial charge in [0.1, 0.15) is 0 Å². The van der Waals surface area contributed by atoms with Gasteiger partial charge in [-0.1, -0.05) is 0 Å². The maximum atomic E-state index is 8.56. The summed E-state index contributed by atoms with van der Waals surface area (Å²) in [5, 5.41) is 13.9. The van der Waals surface area contributed by atoms with E-state index >= 15 is 0 Å². The van der Waals surface area contributed by atoms with Gasteiger partial charge in [0.05, 0.1) is 0 Å². The van der Waals surface area contributed by atoms with Gasteiger partial charge < -0.3 is 47.1 Å². The van der Waals surface area contributed by atoms with Crippen LogP contribution < -0.4 is 0 Å². The molecular formula is CH14N6O3Pt-6. The molecule has 0 amide bonds. The molecule has 0 fully saturated rings. The first kappa shape index (κ1) is 137.